The quantitative estimate of drug-likeness (QED) is 0.474. The molecule has 10 nitrogen and oxygen atoms in total. The highest BCUT2D eigenvalue weighted by atomic mass is 16.5. The molecule has 0 saturated carbocycles. The maximum absolute atomic E-state index is 12.2. The summed E-state index contributed by atoms with van der Waals surface area (Å²) < 4.78 is 6.74. The van der Waals surface area contributed by atoms with Gasteiger partial charge in [0.15, 0.2) is 0 Å². The molecule has 1 atom stereocenters. The van der Waals surface area contributed by atoms with Crippen molar-refractivity contribution in [2.45, 2.75) is 25.5 Å². The molecule has 0 spiro atoms. The smallest absolute Gasteiger partial charge is 0.534 e. The molecule has 1 aromatic carbocycles. The summed E-state index contributed by atoms with van der Waals surface area (Å²) in [4.78, 5) is 23.4. The second-order valence-corrected chi connectivity index (χ2v) is 5.92. The average molecular weight is 359 g/mol. The van der Waals surface area contributed by atoms with E-state index < -0.39 is 19.0 Å². The van der Waals surface area contributed by atoms with Crippen LogP contribution in [-0.4, -0.2) is 57.1 Å². The van der Waals surface area contributed by atoms with Gasteiger partial charge in [-0.05, 0) is 25.1 Å². The number of rotatable bonds is 6. The topological polar surface area (TPSA) is 139 Å². The van der Waals surface area contributed by atoms with E-state index in [9.17, 15) is 19.7 Å². The number of para-hydroxylation sites is 1. The highest BCUT2D eigenvalue weighted by molar-refractivity contribution is 6.47. The third-order valence-electron chi connectivity index (χ3n) is 3.95. The normalized spacial score (nSPS) is 15.9. The van der Waals surface area contributed by atoms with Gasteiger partial charge >= 0.3 is 13.1 Å². The van der Waals surface area contributed by atoms with Gasteiger partial charge in [-0.2, -0.15) is 0 Å². The van der Waals surface area contributed by atoms with Crippen LogP contribution in [0.1, 0.15) is 21.6 Å². The molecule has 136 valence electrons. The van der Waals surface area contributed by atoms with E-state index in [0.717, 1.165) is 0 Å². The van der Waals surface area contributed by atoms with Crippen LogP contribution in [-0.2, 0) is 24.3 Å². The molecular weight excluding hydrogens is 341 g/mol. The number of aromatic nitrogens is 3. The Hall–Kier alpha value is -2.92. The van der Waals surface area contributed by atoms with Crippen LogP contribution in [0.2, 0.25) is 0 Å². The Labute approximate surface area is 149 Å². The summed E-state index contributed by atoms with van der Waals surface area (Å²) in [7, 11) is 0.437. The first kappa shape index (κ1) is 17.9. The van der Waals surface area contributed by atoms with Crippen molar-refractivity contribution >= 4 is 19.0 Å². The maximum Gasteiger partial charge on any atom is 0.547 e. The molecular formula is C15H18BN5O5. The summed E-state index contributed by atoms with van der Waals surface area (Å²) in [6.07, 6.45) is 1.91. The fraction of sp³-hybridized carbons (Fsp3) is 0.333. The van der Waals surface area contributed by atoms with E-state index in [0.29, 0.717) is 17.8 Å². The molecule has 3 rings (SSSR count). The zero-order chi connectivity index (χ0) is 18.7. The van der Waals surface area contributed by atoms with E-state index in [1.54, 1.807) is 25.4 Å². The molecule has 0 radical (unpaired) electrons. The van der Waals surface area contributed by atoms with Crippen molar-refractivity contribution in [2.24, 2.45) is 0 Å². The Kier molecular flexibility index (Phi) is 5.19. The summed E-state index contributed by atoms with van der Waals surface area (Å²) in [6, 6.07) is 4.70. The van der Waals surface area contributed by atoms with Crippen LogP contribution >= 0.6 is 0 Å². The van der Waals surface area contributed by atoms with Crippen LogP contribution in [0.4, 0.5) is 0 Å². The van der Waals surface area contributed by atoms with Gasteiger partial charge in [0, 0.05) is 6.54 Å². The second kappa shape index (κ2) is 7.54. The fourth-order valence-electron chi connectivity index (χ4n) is 2.79. The number of carbonyl (C=O) groups is 2. The lowest BCUT2D eigenvalue weighted by molar-refractivity contribution is -0.122. The second-order valence-electron chi connectivity index (χ2n) is 5.92. The van der Waals surface area contributed by atoms with E-state index in [1.807, 2.05) is 0 Å². The zero-order valence-electron chi connectivity index (χ0n) is 14.0. The van der Waals surface area contributed by atoms with Gasteiger partial charge in [0.1, 0.15) is 12.3 Å². The summed E-state index contributed by atoms with van der Waals surface area (Å²) in [5, 5.41) is 32.7. The summed E-state index contributed by atoms with van der Waals surface area (Å²) in [6.45, 7) is 0.488. The standard InChI is InChI=1S/C15H18BN5O5/c1-17-6-10-7-21(20-19-10)8-13(22)18-12-5-9-3-2-4-11(15(23)24)14(9)26-16(12)25/h2-4,7,12,17,25H,5-6,8H2,1H3,(H,18,22)(H,23,24). The van der Waals surface area contributed by atoms with Crippen LogP contribution in [0.25, 0.3) is 0 Å². The highest BCUT2D eigenvalue weighted by Crippen LogP contribution is 2.30. The monoisotopic (exact) mass is 359 g/mol. The molecule has 1 aromatic heterocycles. The number of nitrogens with one attached hydrogen (secondary N) is 2. The van der Waals surface area contributed by atoms with Crippen molar-refractivity contribution in [1.82, 2.24) is 25.6 Å². The minimum absolute atomic E-state index is 0.0222. The Bertz CT molecular complexity index is 827. The molecule has 0 bridgehead atoms. The van der Waals surface area contributed by atoms with Gasteiger partial charge in [-0.25, -0.2) is 9.48 Å². The van der Waals surface area contributed by atoms with Crippen LogP contribution < -0.4 is 15.3 Å². The number of hydrogen-bond donors (Lipinski definition) is 4. The van der Waals surface area contributed by atoms with Crippen molar-refractivity contribution < 1.29 is 24.4 Å². The third-order valence-corrected chi connectivity index (χ3v) is 3.95. The first-order chi connectivity index (χ1) is 12.5. The van der Waals surface area contributed by atoms with Gasteiger partial charge in [-0.3, -0.25) is 4.79 Å². The molecule has 1 amide bonds. The van der Waals surface area contributed by atoms with Gasteiger partial charge in [-0.1, -0.05) is 17.3 Å². The number of nitrogens with zero attached hydrogens (tertiary/aromatic N) is 3. The predicted octanol–water partition coefficient (Wildman–Crippen LogP) is -1.16. The fourth-order valence-corrected chi connectivity index (χ4v) is 2.79. The lowest BCUT2D eigenvalue weighted by atomic mass is 9.72. The lowest BCUT2D eigenvalue weighted by Gasteiger charge is -2.28. The van der Waals surface area contributed by atoms with Crippen LogP contribution in [0.3, 0.4) is 0 Å². The molecule has 0 fully saturated rings. The number of hydrogen-bond acceptors (Lipinski definition) is 7. The lowest BCUT2D eigenvalue weighted by Crippen LogP contribution is -2.53. The molecule has 1 unspecified atom stereocenters. The summed E-state index contributed by atoms with van der Waals surface area (Å²) >= 11 is 0. The van der Waals surface area contributed by atoms with E-state index in [1.165, 1.54) is 10.7 Å². The number of carboxylic acids is 1. The SMILES string of the molecule is CNCc1cn(CC(=O)NC2Cc3cccc(C(=O)O)c3OB2O)nn1. The number of aromatic carboxylic acids is 1. The minimum Gasteiger partial charge on any atom is -0.534 e. The van der Waals surface area contributed by atoms with Crippen molar-refractivity contribution in [3.8, 4) is 5.75 Å². The van der Waals surface area contributed by atoms with Gasteiger partial charge in [0.2, 0.25) is 5.91 Å². The number of carbonyl (C=O) groups excluding carboxylic acids is 1. The van der Waals surface area contributed by atoms with Gasteiger partial charge in [0.25, 0.3) is 0 Å². The maximum atomic E-state index is 12.2. The number of amides is 1. The van der Waals surface area contributed by atoms with E-state index in [-0.39, 0.29) is 30.2 Å². The molecule has 11 heteroatoms. The Balaban J connectivity index is 1.66. The van der Waals surface area contributed by atoms with Crippen LogP contribution in [0, 0.1) is 0 Å². The molecule has 0 aliphatic carbocycles. The van der Waals surface area contributed by atoms with Gasteiger partial charge in [-0.15, -0.1) is 5.10 Å². The average Bonchev–Trinajstić information content (AvgIpc) is 3.02. The van der Waals surface area contributed by atoms with E-state index >= 15 is 0 Å². The molecule has 1 aliphatic heterocycles. The molecule has 0 saturated heterocycles. The Morgan fingerprint density at radius 2 is 2.27 bits per heavy atom. The Morgan fingerprint density at radius 1 is 1.46 bits per heavy atom. The van der Waals surface area contributed by atoms with E-state index in [4.69, 9.17) is 4.65 Å². The highest BCUT2D eigenvalue weighted by Gasteiger charge is 2.37. The van der Waals surface area contributed by atoms with Crippen molar-refractivity contribution in [3.63, 3.8) is 0 Å². The van der Waals surface area contributed by atoms with Crippen molar-refractivity contribution in [2.75, 3.05) is 7.05 Å². The third kappa shape index (κ3) is 3.84. The summed E-state index contributed by atoms with van der Waals surface area (Å²) in [5.41, 5.74) is 1.29. The molecule has 2 heterocycles. The van der Waals surface area contributed by atoms with Gasteiger partial charge < -0.3 is 25.4 Å². The number of benzene rings is 1. The van der Waals surface area contributed by atoms with E-state index in [2.05, 4.69) is 20.9 Å². The summed E-state index contributed by atoms with van der Waals surface area (Å²) in [5.74, 6) is -2.07. The molecule has 4 N–H and O–H groups in total. The van der Waals surface area contributed by atoms with Crippen molar-refractivity contribution in [3.05, 3.63) is 41.2 Å². The first-order valence-electron chi connectivity index (χ1n) is 8.01. The van der Waals surface area contributed by atoms with Crippen LogP contribution in [0.5, 0.6) is 5.75 Å². The Morgan fingerprint density at radius 3 is 3.00 bits per heavy atom. The minimum atomic E-state index is -1.34. The van der Waals surface area contributed by atoms with Crippen LogP contribution in [0.15, 0.2) is 24.4 Å². The number of fused-ring (bicyclic) bond motifs is 1. The number of carboxylic acid groups (broad SMARTS) is 1. The molecule has 2 aromatic rings. The molecule has 26 heavy (non-hydrogen) atoms. The van der Waals surface area contributed by atoms with Crippen molar-refractivity contribution in [1.29, 1.82) is 0 Å². The first-order valence-corrected chi connectivity index (χ1v) is 8.01. The molecule has 1 aliphatic rings. The predicted molar refractivity (Wildman–Crippen MR) is 90.4 cm³/mol. The van der Waals surface area contributed by atoms with Gasteiger partial charge in [0.05, 0.1) is 23.4 Å². The largest absolute Gasteiger partial charge is 0.547 e. The zero-order valence-corrected chi connectivity index (χ0v) is 14.0.